The summed E-state index contributed by atoms with van der Waals surface area (Å²) >= 11 is 0. The van der Waals surface area contributed by atoms with Crippen LogP contribution in [0.5, 0.6) is 5.75 Å². The first-order valence-corrected chi connectivity index (χ1v) is 6.12. The standard InChI is InChI=1S/C16H13NO2.ClH/c18-16(19-15-8-2-1-3-9-15)17-11-10-13-6-4-5-7-14(13)12-17;/h1-11H,12H2;1H. The first-order valence-electron chi connectivity index (χ1n) is 6.12. The molecule has 0 spiro atoms. The average Bonchev–Trinajstić information content (AvgIpc) is 2.48. The average molecular weight is 288 g/mol. The third-order valence-corrected chi connectivity index (χ3v) is 3.01. The van der Waals surface area contributed by atoms with Gasteiger partial charge in [-0.15, -0.1) is 12.4 Å². The zero-order valence-electron chi connectivity index (χ0n) is 10.7. The van der Waals surface area contributed by atoms with Crippen molar-refractivity contribution < 1.29 is 9.53 Å². The molecule has 2 aromatic rings. The van der Waals surface area contributed by atoms with Crippen LogP contribution in [-0.2, 0) is 6.54 Å². The summed E-state index contributed by atoms with van der Waals surface area (Å²) in [4.78, 5) is 13.6. The second-order valence-electron chi connectivity index (χ2n) is 4.32. The van der Waals surface area contributed by atoms with Crippen LogP contribution in [0.25, 0.3) is 6.08 Å². The summed E-state index contributed by atoms with van der Waals surface area (Å²) < 4.78 is 5.30. The fraction of sp³-hybridized carbons (Fsp3) is 0.0625. The summed E-state index contributed by atoms with van der Waals surface area (Å²) in [6, 6.07) is 17.1. The van der Waals surface area contributed by atoms with E-state index in [1.807, 2.05) is 48.5 Å². The number of carbonyl (C=O) groups excluding carboxylic acids is 1. The van der Waals surface area contributed by atoms with Crippen molar-refractivity contribution in [3.05, 3.63) is 71.9 Å². The summed E-state index contributed by atoms with van der Waals surface area (Å²) in [6.45, 7) is 0.540. The molecule has 0 aliphatic carbocycles. The van der Waals surface area contributed by atoms with Crippen molar-refractivity contribution >= 4 is 24.6 Å². The van der Waals surface area contributed by atoms with Crippen molar-refractivity contribution in [2.24, 2.45) is 0 Å². The van der Waals surface area contributed by atoms with Crippen LogP contribution in [-0.4, -0.2) is 11.0 Å². The van der Waals surface area contributed by atoms with Crippen molar-refractivity contribution in [1.82, 2.24) is 4.90 Å². The number of ether oxygens (including phenoxy) is 1. The van der Waals surface area contributed by atoms with E-state index in [9.17, 15) is 4.79 Å². The predicted octanol–water partition coefficient (Wildman–Crippen LogP) is 4.09. The van der Waals surface area contributed by atoms with Crippen LogP contribution in [0.1, 0.15) is 11.1 Å². The quantitative estimate of drug-likeness (QED) is 0.790. The molecule has 102 valence electrons. The largest absolute Gasteiger partial charge is 0.419 e. The summed E-state index contributed by atoms with van der Waals surface area (Å²) in [6.07, 6.45) is 3.32. The minimum atomic E-state index is -0.364. The molecule has 0 saturated heterocycles. The zero-order chi connectivity index (χ0) is 13.1. The number of rotatable bonds is 1. The number of fused-ring (bicyclic) bond motifs is 1. The Hall–Kier alpha value is -2.26. The molecule has 1 aliphatic heterocycles. The van der Waals surface area contributed by atoms with Gasteiger partial charge in [0.05, 0.1) is 6.54 Å². The van der Waals surface area contributed by atoms with Crippen LogP contribution in [0, 0.1) is 0 Å². The van der Waals surface area contributed by atoms with Gasteiger partial charge in [-0.3, -0.25) is 4.90 Å². The number of benzene rings is 2. The molecule has 3 nitrogen and oxygen atoms in total. The van der Waals surface area contributed by atoms with E-state index in [1.54, 1.807) is 23.2 Å². The lowest BCUT2D eigenvalue weighted by Gasteiger charge is -2.22. The Morgan fingerprint density at radius 3 is 2.50 bits per heavy atom. The van der Waals surface area contributed by atoms with Crippen LogP contribution in [0.3, 0.4) is 0 Å². The van der Waals surface area contributed by atoms with E-state index < -0.39 is 0 Å². The molecule has 0 unspecified atom stereocenters. The molecular weight excluding hydrogens is 274 g/mol. The number of halogens is 1. The van der Waals surface area contributed by atoms with Gasteiger partial charge in [0.15, 0.2) is 0 Å². The number of carbonyl (C=O) groups is 1. The Morgan fingerprint density at radius 1 is 1.00 bits per heavy atom. The molecule has 0 fully saturated rings. The van der Waals surface area contributed by atoms with E-state index in [4.69, 9.17) is 4.74 Å². The molecule has 1 heterocycles. The topological polar surface area (TPSA) is 29.5 Å². The van der Waals surface area contributed by atoms with Crippen LogP contribution < -0.4 is 4.74 Å². The molecule has 0 saturated carbocycles. The Balaban J connectivity index is 0.00000147. The molecule has 3 rings (SSSR count). The molecule has 1 amide bonds. The molecule has 0 radical (unpaired) electrons. The maximum atomic E-state index is 12.0. The molecule has 1 aliphatic rings. The molecule has 0 aromatic heterocycles. The first-order chi connectivity index (χ1) is 9.33. The van der Waals surface area contributed by atoms with Crippen molar-refractivity contribution in [1.29, 1.82) is 0 Å². The number of hydrogen-bond acceptors (Lipinski definition) is 2. The maximum Gasteiger partial charge on any atom is 0.419 e. The minimum absolute atomic E-state index is 0. The van der Waals surface area contributed by atoms with Crippen LogP contribution in [0.2, 0.25) is 0 Å². The third kappa shape index (κ3) is 3.00. The fourth-order valence-electron chi connectivity index (χ4n) is 2.02. The fourth-order valence-corrected chi connectivity index (χ4v) is 2.02. The third-order valence-electron chi connectivity index (χ3n) is 3.01. The van der Waals surface area contributed by atoms with Gasteiger partial charge < -0.3 is 4.74 Å². The number of nitrogens with zero attached hydrogens (tertiary/aromatic N) is 1. The highest BCUT2D eigenvalue weighted by Gasteiger charge is 2.17. The molecule has 20 heavy (non-hydrogen) atoms. The van der Waals surface area contributed by atoms with Crippen LogP contribution in [0.15, 0.2) is 60.8 Å². The number of amides is 1. The molecule has 0 N–H and O–H groups in total. The SMILES string of the molecule is Cl.O=C(Oc1ccccc1)N1C=Cc2ccccc2C1. The Kier molecular flexibility index (Phi) is 4.43. The van der Waals surface area contributed by atoms with E-state index in [0.717, 1.165) is 11.1 Å². The normalized spacial score (nSPS) is 12.3. The van der Waals surface area contributed by atoms with Gasteiger partial charge in [0.25, 0.3) is 0 Å². The van der Waals surface area contributed by atoms with Gasteiger partial charge in [0.2, 0.25) is 0 Å². The van der Waals surface area contributed by atoms with E-state index in [-0.39, 0.29) is 18.5 Å². The summed E-state index contributed by atoms with van der Waals surface area (Å²) in [5.41, 5.74) is 2.27. The van der Waals surface area contributed by atoms with Crippen molar-refractivity contribution in [2.45, 2.75) is 6.54 Å². The lowest BCUT2D eigenvalue weighted by Crippen LogP contribution is -2.30. The summed E-state index contributed by atoms with van der Waals surface area (Å²) in [5.74, 6) is 0.555. The van der Waals surface area contributed by atoms with Gasteiger partial charge in [-0.05, 0) is 29.3 Å². The monoisotopic (exact) mass is 287 g/mol. The predicted molar refractivity (Wildman–Crippen MR) is 80.7 cm³/mol. The lowest BCUT2D eigenvalue weighted by molar-refractivity contribution is 0.167. The van der Waals surface area contributed by atoms with Gasteiger partial charge in [-0.25, -0.2) is 4.79 Å². The van der Waals surface area contributed by atoms with Gasteiger partial charge in [-0.1, -0.05) is 42.5 Å². The van der Waals surface area contributed by atoms with Crippen molar-refractivity contribution in [2.75, 3.05) is 0 Å². The minimum Gasteiger partial charge on any atom is -0.410 e. The number of hydrogen-bond donors (Lipinski definition) is 0. The van der Waals surface area contributed by atoms with E-state index in [1.165, 1.54) is 0 Å². The van der Waals surface area contributed by atoms with Gasteiger partial charge >= 0.3 is 6.09 Å². The number of para-hydroxylation sites is 1. The Bertz CT molecular complexity index is 625. The molecule has 4 heteroatoms. The van der Waals surface area contributed by atoms with Crippen LogP contribution in [0.4, 0.5) is 4.79 Å². The van der Waals surface area contributed by atoms with E-state index in [2.05, 4.69) is 0 Å². The molecule has 0 atom stereocenters. The van der Waals surface area contributed by atoms with E-state index in [0.29, 0.717) is 12.3 Å². The Labute approximate surface area is 123 Å². The molecule has 2 aromatic carbocycles. The van der Waals surface area contributed by atoms with Gasteiger partial charge in [0.1, 0.15) is 5.75 Å². The molecule has 0 bridgehead atoms. The van der Waals surface area contributed by atoms with E-state index >= 15 is 0 Å². The highest BCUT2D eigenvalue weighted by molar-refractivity contribution is 5.85. The zero-order valence-corrected chi connectivity index (χ0v) is 11.5. The Morgan fingerprint density at radius 2 is 1.70 bits per heavy atom. The highest BCUT2D eigenvalue weighted by Crippen LogP contribution is 2.20. The summed E-state index contributed by atoms with van der Waals surface area (Å²) in [5, 5.41) is 0. The smallest absolute Gasteiger partial charge is 0.410 e. The first kappa shape index (κ1) is 14.2. The lowest BCUT2D eigenvalue weighted by atomic mass is 10.1. The van der Waals surface area contributed by atoms with Crippen molar-refractivity contribution in [3.8, 4) is 5.75 Å². The van der Waals surface area contributed by atoms with Gasteiger partial charge in [0, 0.05) is 6.20 Å². The van der Waals surface area contributed by atoms with Crippen molar-refractivity contribution in [3.63, 3.8) is 0 Å². The summed E-state index contributed by atoms with van der Waals surface area (Å²) in [7, 11) is 0. The second kappa shape index (κ2) is 6.26. The van der Waals surface area contributed by atoms with Gasteiger partial charge in [-0.2, -0.15) is 0 Å². The second-order valence-corrected chi connectivity index (χ2v) is 4.32. The van der Waals surface area contributed by atoms with Crippen LogP contribution >= 0.6 is 12.4 Å². The highest BCUT2D eigenvalue weighted by atomic mass is 35.5. The maximum absolute atomic E-state index is 12.0. The molecular formula is C16H14ClNO2.